The van der Waals surface area contributed by atoms with Crippen molar-refractivity contribution in [3.8, 4) is 5.75 Å². The molecule has 1 aliphatic rings. The third-order valence-electron chi connectivity index (χ3n) is 7.70. The summed E-state index contributed by atoms with van der Waals surface area (Å²) in [6, 6.07) is 30.3. The first-order chi connectivity index (χ1) is 23.3. The molecule has 0 spiro atoms. The van der Waals surface area contributed by atoms with Gasteiger partial charge < -0.3 is 33.2 Å². The van der Waals surface area contributed by atoms with E-state index >= 15 is 0 Å². The number of aliphatic hydroxyl groups excluding tert-OH is 1. The van der Waals surface area contributed by atoms with Gasteiger partial charge in [-0.3, -0.25) is 0 Å². The second-order valence-electron chi connectivity index (χ2n) is 11.0. The average molecular weight is 651 g/mol. The molecule has 0 amide bonds. The van der Waals surface area contributed by atoms with Gasteiger partial charge in [0.05, 0.1) is 23.3 Å². The summed E-state index contributed by atoms with van der Waals surface area (Å²) in [6.07, 6.45) is -7.34. The minimum atomic E-state index is -1.54. The van der Waals surface area contributed by atoms with Gasteiger partial charge in [0.1, 0.15) is 17.4 Å². The molecule has 1 saturated heterocycles. The van der Waals surface area contributed by atoms with Crippen LogP contribution in [0.15, 0.2) is 124 Å². The minimum Gasteiger partial charge on any atom is -0.461 e. The molecule has 2 heterocycles. The van der Waals surface area contributed by atoms with Gasteiger partial charge in [0.25, 0.3) is 0 Å². The number of ether oxygens (including phenoxy) is 5. The Morgan fingerprint density at radius 3 is 1.69 bits per heavy atom. The molecule has 11 heteroatoms. The first-order valence-corrected chi connectivity index (χ1v) is 15.1. The molecular weight excluding hydrogens is 620 g/mol. The lowest BCUT2D eigenvalue weighted by atomic mass is 9.97. The molecule has 0 bridgehead atoms. The number of aliphatic hydroxyl groups is 1. The molecule has 11 nitrogen and oxygen atoms in total. The molecule has 48 heavy (non-hydrogen) atoms. The highest BCUT2D eigenvalue weighted by Crippen LogP contribution is 2.33. The SMILES string of the molecule is Cc1cc(=O)oc2cc(O[C@H]3O[C@H](CO)[C@H](OC(=O)c4ccccc4)[C@@H](OC(=O)c4ccccc4)[C@@H]3OC(=O)c3ccccc3)ccc12. The van der Waals surface area contributed by atoms with Crippen LogP contribution < -0.4 is 10.4 Å². The number of aryl methyl sites for hydroxylation is 1. The summed E-state index contributed by atoms with van der Waals surface area (Å²) in [4.78, 5) is 52.4. The fraction of sp³-hybridized carbons (Fsp3) is 0.189. The zero-order valence-corrected chi connectivity index (χ0v) is 25.6. The lowest BCUT2D eigenvalue weighted by Crippen LogP contribution is -2.63. The molecule has 5 aromatic rings. The van der Waals surface area contributed by atoms with E-state index in [1.807, 2.05) is 0 Å². The highest BCUT2D eigenvalue weighted by molar-refractivity contribution is 5.91. The number of rotatable bonds is 9. The maximum Gasteiger partial charge on any atom is 0.338 e. The maximum atomic E-state index is 13.5. The van der Waals surface area contributed by atoms with Crippen molar-refractivity contribution in [1.82, 2.24) is 0 Å². The third-order valence-corrected chi connectivity index (χ3v) is 7.70. The lowest BCUT2D eigenvalue weighted by Gasteiger charge is -2.44. The smallest absolute Gasteiger partial charge is 0.338 e. The normalized spacial score (nSPS) is 20.4. The maximum absolute atomic E-state index is 13.5. The van der Waals surface area contributed by atoms with E-state index in [0.717, 1.165) is 0 Å². The van der Waals surface area contributed by atoms with E-state index in [1.54, 1.807) is 73.7 Å². The van der Waals surface area contributed by atoms with Crippen LogP contribution in [0.25, 0.3) is 11.0 Å². The monoisotopic (exact) mass is 650 g/mol. The second kappa shape index (κ2) is 14.3. The lowest BCUT2D eigenvalue weighted by molar-refractivity contribution is -0.275. The fourth-order valence-electron chi connectivity index (χ4n) is 5.33. The Morgan fingerprint density at radius 2 is 1.17 bits per heavy atom. The second-order valence-corrected chi connectivity index (χ2v) is 11.0. The van der Waals surface area contributed by atoms with Crippen LogP contribution in [0.4, 0.5) is 0 Å². The first-order valence-electron chi connectivity index (χ1n) is 15.1. The van der Waals surface area contributed by atoms with Crippen LogP contribution in [0, 0.1) is 6.92 Å². The largest absolute Gasteiger partial charge is 0.461 e. The number of esters is 3. The summed E-state index contributed by atoms with van der Waals surface area (Å²) in [5.41, 5.74) is 0.889. The molecular formula is C37H30O11. The topological polar surface area (TPSA) is 148 Å². The molecule has 5 atom stereocenters. The van der Waals surface area contributed by atoms with Crippen LogP contribution in [-0.2, 0) is 18.9 Å². The van der Waals surface area contributed by atoms with Gasteiger partial charge in [0, 0.05) is 17.5 Å². The molecule has 0 aliphatic carbocycles. The van der Waals surface area contributed by atoms with Crippen molar-refractivity contribution in [3.05, 3.63) is 148 Å². The number of benzene rings is 4. The summed E-state index contributed by atoms with van der Waals surface area (Å²) in [7, 11) is 0. The molecule has 244 valence electrons. The Hall–Kier alpha value is -5.78. The van der Waals surface area contributed by atoms with E-state index in [0.29, 0.717) is 10.9 Å². The molecule has 1 N–H and O–H groups in total. The van der Waals surface area contributed by atoms with Crippen LogP contribution >= 0.6 is 0 Å². The van der Waals surface area contributed by atoms with Gasteiger partial charge in [-0.15, -0.1) is 0 Å². The van der Waals surface area contributed by atoms with Gasteiger partial charge >= 0.3 is 23.5 Å². The Labute approximate surface area is 274 Å². The van der Waals surface area contributed by atoms with Crippen LogP contribution in [0.5, 0.6) is 5.75 Å². The molecule has 6 rings (SSSR count). The highest BCUT2D eigenvalue weighted by Gasteiger charge is 2.53. The van der Waals surface area contributed by atoms with E-state index in [-0.39, 0.29) is 28.0 Å². The predicted molar refractivity (Wildman–Crippen MR) is 171 cm³/mol. The number of hydrogen-bond donors (Lipinski definition) is 1. The Balaban J connectivity index is 1.41. The van der Waals surface area contributed by atoms with Crippen molar-refractivity contribution in [1.29, 1.82) is 0 Å². The highest BCUT2D eigenvalue weighted by atomic mass is 16.7. The van der Waals surface area contributed by atoms with Gasteiger partial charge in [0.15, 0.2) is 12.2 Å². The Kier molecular flexibility index (Phi) is 9.60. The van der Waals surface area contributed by atoms with Crippen molar-refractivity contribution in [3.63, 3.8) is 0 Å². The van der Waals surface area contributed by atoms with Crippen molar-refractivity contribution in [2.24, 2.45) is 0 Å². The van der Waals surface area contributed by atoms with Gasteiger partial charge in [-0.1, -0.05) is 54.6 Å². The van der Waals surface area contributed by atoms with Crippen LogP contribution in [0.2, 0.25) is 0 Å². The summed E-state index contributed by atoms with van der Waals surface area (Å²) >= 11 is 0. The number of carbonyl (C=O) groups is 3. The Bertz CT molecular complexity index is 1960. The van der Waals surface area contributed by atoms with E-state index in [1.165, 1.54) is 48.5 Å². The summed E-state index contributed by atoms with van der Waals surface area (Å²) in [6.45, 7) is 1.06. The van der Waals surface area contributed by atoms with Crippen molar-refractivity contribution >= 4 is 28.9 Å². The third kappa shape index (κ3) is 7.12. The van der Waals surface area contributed by atoms with E-state index in [4.69, 9.17) is 28.1 Å². The molecule has 0 unspecified atom stereocenters. The predicted octanol–water partition coefficient (Wildman–Crippen LogP) is 4.87. The van der Waals surface area contributed by atoms with Crippen molar-refractivity contribution in [2.75, 3.05) is 6.61 Å². The summed E-state index contributed by atoms with van der Waals surface area (Å²) in [5, 5.41) is 11.1. The molecule has 1 aliphatic heterocycles. The van der Waals surface area contributed by atoms with Crippen LogP contribution in [0.1, 0.15) is 36.6 Å². The van der Waals surface area contributed by atoms with Gasteiger partial charge in [-0.2, -0.15) is 0 Å². The van der Waals surface area contributed by atoms with E-state index in [2.05, 4.69) is 0 Å². The fourth-order valence-corrected chi connectivity index (χ4v) is 5.33. The first kappa shape index (κ1) is 32.2. The Morgan fingerprint density at radius 1 is 0.667 bits per heavy atom. The molecule has 1 fully saturated rings. The van der Waals surface area contributed by atoms with Gasteiger partial charge in [-0.05, 0) is 61.0 Å². The number of carbonyl (C=O) groups excluding carboxylic acids is 3. The summed E-state index contributed by atoms with van der Waals surface area (Å²) in [5.74, 6) is -2.28. The van der Waals surface area contributed by atoms with Gasteiger partial charge in [0.2, 0.25) is 12.4 Å². The van der Waals surface area contributed by atoms with Crippen LogP contribution in [-0.4, -0.2) is 60.3 Å². The minimum absolute atomic E-state index is 0.145. The van der Waals surface area contributed by atoms with Crippen molar-refractivity contribution in [2.45, 2.75) is 37.6 Å². The van der Waals surface area contributed by atoms with E-state index < -0.39 is 60.8 Å². The molecule has 1 aromatic heterocycles. The van der Waals surface area contributed by atoms with Gasteiger partial charge in [-0.25, -0.2) is 19.2 Å². The van der Waals surface area contributed by atoms with Crippen LogP contribution in [0.3, 0.4) is 0 Å². The average Bonchev–Trinajstić information content (AvgIpc) is 3.11. The van der Waals surface area contributed by atoms with E-state index in [9.17, 15) is 24.3 Å². The molecule has 0 saturated carbocycles. The number of hydrogen-bond acceptors (Lipinski definition) is 11. The number of fused-ring (bicyclic) bond motifs is 1. The molecule has 4 aromatic carbocycles. The molecule has 0 radical (unpaired) electrons. The zero-order valence-electron chi connectivity index (χ0n) is 25.6. The quantitative estimate of drug-likeness (QED) is 0.132. The van der Waals surface area contributed by atoms with Crippen molar-refractivity contribution < 1.29 is 47.6 Å². The zero-order chi connectivity index (χ0) is 33.6. The standard InChI is InChI=1S/C37H30O11/c1-22-19-30(39)44-28-20-26(17-18-27(22)28)43-37-33(48-36(42)25-15-9-4-10-16-25)32(47-35(41)24-13-7-3-8-14-24)31(29(21-38)45-37)46-34(40)23-11-5-2-6-12-23/h2-20,29,31-33,37-38H,21H2,1H3/t29-,31+,32-,33+,37+/m1/s1. The summed E-state index contributed by atoms with van der Waals surface area (Å²) < 4.78 is 35.4.